The van der Waals surface area contributed by atoms with E-state index in [4.69, 9.17) is 4.74 Å². The van der Waals surface area contributed by atoms with Crippen molar-refractivity contribution in [3.63, 3.8) is 0 Å². The standard InChI is InChI=1S/C16H16O2/c1-3-12(2)11-18-16-9-8-13-6-4-5-7-14(13)15(16)10-17/h4-10H,2-3,11H2,1H3. The molecule has 0 spiro atoms. The summed E-state index contributed by atoms with van der Waals surface area (Å²) in [7, 11) is 0. The van der Waals surface area contributed by atoms with Crippen molar-refractivity contribution in [2.75, 3.05) is 6.61 Å². The lowest BCUT2D eigenvalue weighted by Crippen LogP contribution is -2.02. The van der Waals surface area contributed by atoms with Crippen LogP contribution < -0.4 is 4.74 Å². The van der Waals surface area contributed by atoms with Crippen LogP contribution in [0.4, 0.5) is 0 Å². The molecule has 0 aliphatic rings. The number of ether oxygens (including phenoxy) is 1. The average Bonchev–Trinajstić information content (AvgIpc) is 2.43. The van der Waals surface area contributed by atoms with Gasteiger partial charge in [0.25, 0.3) is 0 Å². The molecule has 92 valence electrons. The highest BCUT2D eigenvalue weighted by Gasteiger charge is 2.07. The van der Waals surface area contributed by atoms with E-state index in [1.807, 2.05) is 43.3 Å². The molecule has 0 radical (unpaired) electrons. The fourth-order valence-electron chi connectivity index (χ4n) is 1.80. The largest absolute Gasteiger partial charge is 0.488 e. The van der Waals surface area contributed by atoms with Crippen LogP contribution in [0.25, 0.3) is 10.8 Å². The number of aldehydes is 1. The molecule has 0 N–H and O–H groups in total. The molecule has 2 aromatic rings. The van der Waals surface area contributed by atoms with Gasteiger partial charge in [-0.05, 0) is 28.8 Å². The Balaban J connectivity index is 2.38. The van der Waals surface area contributed by atoms with E-state index in [0.717, 1.165) is 29.1 Å². The van der Waals surface area contributed by atoms with Crippen molar-refractivity contribution in [2.24, 2.45) is 0 Å². The summed E-state index contributed by atoms with van der Waals surface area (Å²) < 4.78 is 5.66. The summed E-state index contributed by atoms with van der Waals surface area (Å²) in [6, 6.07) is 11.6. The van der Waals surface area contributed by atoms with Gasteiger partial charge in [-0.25, -0.2) is 0 Å². The van der Waals surface area contributed by atoms with Gasteiger partial charge in [0, 0.05) is 0 Å². The van der Waals surface area contributed by atoms with Gasteiger partial charge in [-0.2, -0.15) is 0 Å². The van der Waals surface area contributed by atoms with Crippen LogP contribution in [-0.4, -0.2) is 12.9 Å². The van der Waals surface area contributed by atoms with E-state index in [-0.39, 0.29) is 0 Å². The SMILES string of the molecule is C=C(CC)COc1ccc2ccccc2c1C=O. The smallest absolute Gasteiger partial charge is 0.154 e. The molecule has 0 aliphatic carbocycles. The zero-order chi connectivity index (χ0) is 13.0. The molecule has 0 aliphatic heterocycles. The molecule has 2 aromatic carbocycles. The zero-order valence-electron chi connectivity index (χ0n) is 10.5. The quantitative estimate of drug-likeness (QED) is 0.583. The zero-order valence-corrected chi connectivity index (χ0v) is 10.5. The van der Waals surface area contributed by atoms with Gasteiger partial charge in [0.15, 0.2) is 6.29 Å². The lowest BCUT2D eigenvalue weighted by Gasteiger charge is -2.11. The molecule has 0 saturated heterocycles. The Morgan fingerprint density at radius 1 is 1.28 bits per heavy atom. The Hall–Kier alpha value is -2.09. The maximum absolute atomic E-state index is 11.3. The third-order valence-electron chi connectivity index (χ3n) is 2.98. The van der Waals surface area contributed by atoms with E-state index < -0.39 is 0 Å². The van der Waals surface area contributed by atoms with Gasteiger partial charge >= 0.3 is 0 Å². The number of fused-ring (bicyclic) bond motifs is 1. The molecule has 0 amide bonds. The molecule has 0 heterocycles. The fraction of sp³-hybridized carbons (Fsp3) is 0.188. The summed E-state index contributed by atoms with van der Waals surface area (Å²) >= 11 is 0. The predicted octanol–water partition coefficient (Wildman–Crippen LogP) is 4.00. The Morgan fingerprint density at radius 3 is 2.78 bits per heavy atom. The number of rotatable bonds is 5. The first kappa shape index (κ1) is 12.4. The van der Waals surface area contributed by atoms with Gasteiger partial charge in [-0.15, -0.1) is 0 Å². The topological polar surface area (TPSA) is 26.3 Å². The van der Waals surface area contributed by atoms with Crippen molar-refractivity contribution >= 4 is 17.1 Å². The van der Waals surface area contributed by atoms with Crippen LogP contribution in [-0.2, 0) is 0 Å². The molecule has 2 rings (SSSR count). The van der Waals surface area contributed by atoms with Crippen molar-refractivity contribution < 1.29 is 9.53 Å². The van der Waals surface area contributed by atoms with Gasteiger partial charge < -0.3 is 4.74 Å². The molecule has 2 nitrogen and oxygen atoms in total. The van der Waals surface area contributed by atoms with Crippen LogP contribution in [0.1, 0.15) is 23.7 Å². The van der Waals surface area contributed by atoms with Crippen LogP contribution in [0, 0.1) is 0 Å². The Labute approximate surface area is 107 Å². The number of benzene rings is 2. The minimum absolute atomic E-state index is 0.454. The normalized spacial score (nSPS) is 10.3. The summed E-state index contributed by atoms with van der Waals surface area (Å²) in [5.74, 6) is 0.623. The van der Waals surface area contributed by atoms with E-state index in [1.165, 1.54) is 0 Å². The van der Waals surface area contributed by atoms with E-state index in [0.29, 0.717) is 17.9 Å². The lowest BCUT2D eigenvalue weighted by molar-refractivity contribution is 0.112. The van der Waals surface area contributed by atoms with E-state index >= 15 is 0 Å². The van der Waals surface area contributed by atoms with Gasteiger partial charge in [-0.1, -0.05) is 43.8 Å². The Kier molecular flexibility index (Phi) is 3.78. The lowest BCUT2D eigenvalue weighted by atomic mass is 10.0. The van der Waals surface area contributed by atoms with Crippen molar-refractivity contribution in [1.29, 1.82) is 0 Å². The molecule has 0 aromatic heterocycles. The summed E-state index contributed by atoms with van der Waals surface area (Å²) in [6.45, 7) is 6.38. The molecule has 0 bridgehead atoms. The summed E-state index contributed by atoms with van der Waals surface area (Å²) in [6.07, 6.45) is 1.73. The van der Waals surface area contributed by atoms with E-state index in [2.05, 4.69) is 6.58 Å². The number of hydrogen-bond acceptors (Lipinski definition) is 2. The van der Waals surface area contributed by atoms with Crippen LogP contribution in [0.2, 0.25) is 0 Å². The summed E-state index contributed by atoms with van der Waals surface area (Å²) in [5, 5.41) is 1.97. The first-order chi connectivity index (χ1) is 8.76. The molecule has 0 atom stereocenters. The maximum atomic E-state index is 11.3. The van der Waals surface area contributed by atoms with Crippen LogP contribution in [0.3, 0.4) is 0 Å². The molecule has 0 unspecified atom stereocenters. The van der Waals surface area contributed by atoms with Crippen LogP contribution in [0.15, 0.2) is 48.6 Å². The average molecular weight is 240 g/mol. The van der Waals surface area contributed by atoms with Gasteiger partial charge in [-0.3, -0.25) is 4.79 Å². The first-order valence-electron chi connectivity index (χ1n) is 6.02. The van der Waals surface area contributed by atoms with Crippen molar-refractivity contribution in [1.82, 2.24) is 0 Å². The number of carbonyl (C=O) groups excluding carboxylic acids is 1. The predicted molar refractivity (Wildman–Crippen MR) is 74.3 cm³/mol. The maximum Gasteiger partial charge on any atom is 0.154 e. The Bertz CT molecular complexity index is 585. The highest BCUT2D eigenvalue weighted by atomic mass is 16.5. The Morgan fingerprint density at radius 2 is 2.06 bits per heavy atom. The highest BCUT2D eigenvalue weighted by Crippen LogP contribution is 2.26. The molecular formula is C16H16O2. The first-order valence-corrected chi connectivity index (χ1v) is 6.02. The highest BCUT2D eigenvalue weighted by molar-refractivity contribution is 6.00. The van der Waals surface area contributed by atoms with Crippen LogP contribution in [0.5, 0.6) is 5.75 Å². The molecule has 2 heteroatoms. The van der Waals surface area contributed by atoms with Crippen molar-refractivity contribution in [3.05, 3.63) is 54.1 Å². The minimum Gasteiger partial charge on any atom is -0.488 e. The molecule has 0 fully saturated rings. The van der Waals surface area contributed by atoms with Crippen LogP contribution >= 0.6 is 0 Å². The van der Waals surface area contributed by atoms with E-state index in [1.54, 1.807) is 0 Å². The summed E-state index contributed by atoms with van der Waals surface area (Å²) in [4.78, 5) is 11.3. The van der Waals surface area contributed by atoms with Gasteiger partial charge in [0.05, 0.1) is 5.56 Å². The number of carbonyl (C=O) groups is 1. The second kappa shape index (κ2) is 5.50. The molecular weight excluding hydrogens is 224 g/mol. The molecule has 0 saturated carbocycles. The fourth-order valence-corrected chi connectivity index (χ4v) is 1.80. The molecule has 18 heavy (non-hydrogen) atoms. The van der Waals surface area contributed by atoms with Crippen molar-refractivity contribution in [2.45, 2.75) is 13.3 Å². The van der Waals surface area contributed by atoms with Crippen molar-refractivity contribution in [3.8, 4) is 5.75 Å². The number of hydrogen-bond donors (Lipinski definition) is 0. The minimum atomic E-state index is 0.454. The van der Waals surface area contributed by atoms with Gasteiger partial charge in [0.1, 0.15) is 12.4 Å². The second-order valence-corrected chi connectivity index (χ2v) is 4.21. The van der Waals surface area contributed by atoms with Gasteiger partial charge in [0.2, 0.25) is 0 Å². The second-order valence-electron chi connectivity index (χ2n) is 4.21. The van der Waals surface area contributed by atoms with E-state index in [9.17, 15) is 4.79 Å². The summed E-state index contributed by atoms with van der Waals surface area (Å²) in [5.41, 5.74) is 1.62. The monoisotopic (exact) mass is 240 g/mol. The third kappa shape index (κ3) is 2.43. The third-order valence-corrected chi connectivity index (χ3v) is 2.98.